The van der Waals surface area contributed by atoms with Gasteiger partial charge in [0, 0.05) is 11.9 Å². The Hall–Kier alpha value is -4.39. The highest BCUT2D eigenvalue weighted by atomic mass is 16.5. The summed E-state index contributed by atoms with van der Waals surface area (Å²) in [7, 11) is 4.81. The van der Waals surface area contributed by atoms with Crippen LogP contribution in [-0.4, -0.2) is 36.8 Å². The molecular formula is C28H27N3O4. The van der Waals surface area contributed by atoms with Crippen LogP contribution in [0, 0.1) is 0 Å². The first-order valence-electron chi connectivity index (χ1n) is 11.3. The van der Waals surface area contributed by atoms with E-state index in [0.29, 0.717) is 29.5 Å². The van der Waals surface area contributed by atoms with Crippen molar-refractivity contribution in [1.29, 1.82) is 0 Å². The molecular weight excluding hydrogens is 442 g/mol. The van der Waals surface area contributed by atoms with Crippen LogP contribution in [0.4, 0.5) is 10.5 Å². The van der Waals surface area contributed by atoms with Gasteiger partial charge in [-0.3, -0.25) is 0 Å². The van der Waals surface area contributed by atoms with Crippen molar-refractivity contribution in [1.82, 2.24) is 9.47 Å². The zero-order valence-electron chi connectivity index (χ0n) is 19.9. The predicted octanol–water partition coefficient (Wildman–Crippen LogP) is 5.64. The number of amides is 2. The Balaban J connectivity index is 1.65. The number of aromatic nitrogens is 1. The van der Waals surface area contributed by atoms with Gasteiger partial charge in [0.15, 0.2) is 11.5 Å². The number of rotatable bonds is 5. The molecule has 7 heteroatoms. The molecule has 0 aliphatic carbocycles. The van der Waals surface area contributed by atoms with E-state index in [1.54, 1.807) is 21.3 Å². The van der Waals surface area contributed by atoms with Crippen molar-refractivity contribution in [3.05, 3.63) is 102 Å². The third-order valence-electron chi connectivity index (χ3n) is 6.30. The number of nitrogens with zero attached hydrogens (tertiary/aromatic N) is 2. The number of carbonyl (C=O) groups excluding carboxylic acids is 1. The molecule has 2 heterocycles. The second-order valence-corrected chi connectivity index (χ2v) is 8.21. The molecule has 1 aliphatic rings. The van der Waals surface area contributed by atoms with Gasteiger partial charge in [-0.05, 0) is 53.6 Å². The average Bonchev–Trinajstić information content (AvgIpc) is 3.32. The first-order chi connectivity index (χ1) is 17.1. The number of nitrogens with one attached hydrogen (secondary N) is 1. The molecule has 7 nitrogen and oxygen atoms in total. The summed E-state index contributed by atoms with van der Waals surface area (Å²) in [6, 6.07) is 24.7. The Morgan fingerprint density at radius 2 is 1.57 bits per heavy atom. The molecule has 178 valence electrons. The molecule has 0 saturated carbocycles. The first-order valence-corrected chi connectivity index (χ1v) is 11.3. The van der Waals surface area contributed by atoms with Gasteiger partial charge in [0.25, 0.3) is 0 Å². The van der Waals surface area contributed by atoms with Crippen molar-refractivity contribution in [2.24, 2.45) is 0 Å². The number of benzene rings is 3. The number of para-hydroxylation sites is 3. The van der Waals surface area contributed by atoms with Crippen LogP contribution in [0.1, 0.15) is 22.9 Å². The van der Waals surface area contributed by atoms with Crippen LogP contribution >= 0.6 is 0 Å². The smallest absolute Gasteiger partial charge is 0.323 e. The SMILES string of the molecule is COc1ccccc1NC(=O)N1Cc2ccccc2-n2cccc2[C@H]1c1ccc(OC)c(OC)c1. The van der Waals surface area contributed by atoms with Crippen molar-refractivity contribution in [2.75, 3.05) is 26.6 Å². The van der Waals surface area contributed by atoms with E-state index in [0.717, 1.165) is 22.5 Å². The highest BCUT2D eigenvalue weighted by molar-refractivity contribution is 5.91. The summed E-state index contributed by atoms with van der Waals surface area (Å²) in [4.78, 5) is 15.7. The average molecular weight is 470 g/mol. The largest absolute Gasteiger partial charge is 0.495 e. The summed E-state index contributed by atoms with van der Waals surface area (Å²) < 4.78 is 18.6. The topological polar surface area (TPSA) is 65.0 Å². The van der Waals surface area contributed by atoms with Crippen molar-refractivity contribution in [3.8, 4) is 22.9 Å². The minimum absolute atomic E-state index is 0.237. The van der Waals surface area contributed by atoms with E-state index in [2.05, 4.69) is 22.0 Å². The van der Waals surface area contributed by atoms with E-state index in [9.17, 15) is 4.79 Å². The van der Waals surface area contributed by atoms with Crippen LogP contribution < -0.4 is 19.5 Å². The second-order valence-electron chi connectivity index (χ2n) is 8.21. The molecule has 3 aromatic carbocycles. The zero-order chi connectivity index (χ0) is 24.4. The number of urea groups is 1. The van der Waals surface area contributed by atoms with Gasteiger partial charge in [-0.15, -0.1) is 0 Å². The van der Waals surface area contributed by atoms with Crippen molar-refractivity contribution in [3.63, 3.8) is 0 Å². The van der Waals surface area contributed by atoms with E-state index < -0.39 is 0 Å². The molecule has 0 fully saturated rings. The van der Waals surface area contributed by atoms with E-state index >= 15 is 0 Å². The lowest BCUT2D eigenvalue weighted by molar-refractivity contribution is 0.194. The highest BCUT2D eigenvalue weighted by Gasteiger charge is 2.33. The zero-order valence-corrected chi connectivity index (χ0v) is 19.9. The molecule has 0 spiro atoms. The van der Waals surface area contributed by atoms with Crippen LogP contribution in [0.25, 0.3) is 5.69 Å². The maximum atomic E-state index is 13.9. The number of fused-ring (bicyclic) bond motifs is 3. The molecule has 1 atom stereocenters. The Bertz CT molecular complexity index is 1360. The van der Waals surface area contributed by atoms with E-state index in [1.807, 2.05) is 77.8 Å². The van der Waals surface area contributed by atoms with Gasteiger partial charge in [-0.2, -0.15) is 0 Å². The summed E-state index contributed by atoms with van der Waals surface area (Å²) in [6.07, 6.45) is 2.03. The molecule has 0 radical (unpaired) electrons. The maximum absolute atomic E-state index is 13.9. The number of carbonyl (C=O) groups is 1. The van der Waals surface area contributed by atoms with Gasteiger partial charge in [0.2, 0.25) is 0 Å². The van der Waals surface area contributed by atoms with E-state index in [4.69, 9.17) is 14.2 Å². The summed E-state index contributed by atoms with van der Waals surface area (Å²) in [5.74, 6) is 1.84. The van der Waals surface area contributed by atoms with Gasteiger partial charge in [-0.1, -0.05) is 36.4 Å². The number of hydrogen-bond donors (Lipinski definition) is 1. The molecule has 5 rings (SSSR count). The Morgan fingerprint density at radius 1 is 0.829 bits per heavy atom. The van der Waals surface area contributed by atoms with Crippen molar-refractivity contribution < 1.29 is 19.0 Å². The molecule has 4 aromatic rings. The van der Waals surface area contributed by atoms with Crippen molar-refractivity contribution in [2.45, 2.75) is 12.6 Å². The lowest BCUT2D eigenvalue weighted by Crippen LogP contribution is -2.38. The quantitative estimate of drug-likeness (QED) is 0.411. The number of methoxy groups -OCH3 is 3. The minimum Gasteiger partial charge on any atom is -0.495 e. The van der Waals surface area contributed by atoms with Gasteiger partial charge in [0.05, 0.1) is 45.3 Å². The molecule has 1 N–H and O–H groups in total. The van der Waals surface area contributed by atoms with Gasteiger partial charge in [-0.25, -0.2) is 4.79 Å². The van der Waals surface area contributed by atoms with Gasteiger partial charge in [0.1, 0.15) is 5.75 Å². The summed E-state index contributed by atoms with van der Waals surface area (Å²) in [5, 5.41) is 3.06. The highest BCUT2D eigenvalue weighted by Crippen LogP contribution is 2.40. The minimum atomic E-state index is -0.382. The molecule has 2 amide bonds. The van der Waals surface area contributed by atoms with E-state index in [-0.39, 0.29) is 12.1 Å². The molecule has 1 aliphatic heterocycles. The fourth-order valence-electron chi connectivity index (χ4n) is 4.65. The molecule has 35 heavy (non-hydrogen) atoms. The fourth-order valence-corrected chi connectivity index (χ4v) is 4.65. The number of ether oxygens (including phenoxy) is 3. The monoisotopic (exact) mass is 469 g/mol. The fraction of sp³-hybridized carbons (Fsp3) is 0.179. The molecule has 0 unspecified atom stereocenters. The van der Waals surface area contributed by atoms with Crippen LogP contribution in [0.15, 0.2) is 85.1 Å². The van der Waals surface area contributed by atoms with E-state index in [1.165, 1.54) is 0 Å². The maximum Gasteiger partial charge on any atom is 0.323 e. The van der Waals surface area contributed by atoms with Crippen LogP contribution in [0.5, 0.6) is 17.2 Å². The molecule has 0 bridgehead atoms. The second kappa shape index (κ2) is 9.46. The summed E-state index contributed by atoms with van der Waals surface area (Å²) in [5.41, 5.74) is 4.58. The number of anilines is 1. The van der Waals surface area contributed by atoms with Crippen LogP contribution in [0.3, 0.4) is 0 Å². The third-order valence-corrected chi connectivity index (χ3v) is 6.30. The lowest BCUT2D eigenvalue weighted by Gasteiger charge is -2.31. The Kier molecular flexibility index (Phi) is 6.06. The lowest BCUT2D eigenvalue weighted by atomic mass is 10.0. The molecule has 0 saturated heterocycles. The van der Waals surface area contributed by atoms with Gasteiger partial charge < -0.3 is 29.0 Å². The summed E-state index contributed by atoms with van der Waals surface area (Å²) >= 11 is 0. The Morgan fingerprint density at radius 3 is 2.37 bits per heavy atom. The van der Waals surface area contributed by atoms with Crippen molar-refractivity contribution >= 4 is 11.7 Å². The predicted molar refractivity (Wildman–Crippen MR) is 135 cm³/mol. The van der Waals surface area contributed by atoms with Crippen LogP contribution in [-0.2, 0) is 6.54 Å². The Labute approximate surface area is 204 Å². The standard InChI is InChI=1S/C28H27N3O4/c1-33-24-13-7-5-10-21(24)29-28(32)31-18-20-9-4-6-11-22(20)30-16-8-12-23(30)27(31)19-14-15-25(34-2)26(17-19)35-3/h4-17,27H,18H2,1-3H3,(H,29,32)/t27-/m1/s1. The first kappa shape index (κ1) is 22.4. The van der Waals surface area contributed by atoms with Crippen LogP contribution in [0.2, 0.25) is 0 Å². The van der Waals surface area contributed by atoms with Gasteiger partial charge >= 0.3 is 6.03 Å². The number of hydrogen-bond acceptors (Lipinski definition) is 4. The normalized spacial score (nSPS) is 14.4. The third kappa shape index (κ3) is 4.05. The molecule has 1 aromatic heterocycles. The summed E-state index contributed by atoms with van der Waals surface area (Å²) in [6.45, 7) is 0.415.